The fourth-order valence-corrected chi connectivity index (χ4v) is 2.75. The number of hydrogen-bond acceptors (Lipinski definition) is 5. The van der Waals surface area contributed by atoms with Gasteiger partial charge in [0.1, 0.15) is 5.52 Å². The number of morpholine rings is 1. The van der Waals surface area contributed by atoms with Gasteiger partial charge in [-0.05, 0) is 12.5 Å². The van der Waals surface area contributed by atoms with Gasteiger partial charge >= 0.3 is 0 Å². The normalized spacial score (nSPS) is 15.1. The van der Waals surface area contributed by atoms with E-state index >= 15 is 0 Å². The molecule has 23 heavy (non-hydrogen) atoms. The largest absolute Gasteiger partial charge is 0.397 e. The highest BCUT2D eigenvalue weighted by Gasteiger charge is 2.23. The van der Waals surface area contributed by atoms with Crippen molar-refractivity contribution in [2.45, 2.75) is 19.8 Å². The number of halogens is 1. The number of carbonyl (C=O) groups excluding carboxylic acids is 1. The molecule has 1 aromatic heterocycles. The second-order valence-corrected chi connectivity index (χ2v) is 5.52. The van der Waals surface area contributed by atoms with Crippen LogP contribution in [-0.2, 0) is 9.53 Å². The van der Waals surface area contributed by atoms with Gasteiger partial charge in [-0.15, -0.1) is 0 Å². The van der Waals surface area contributed by atoms with E-state index in [1.165, 1.54) is 0 Å². The van der Waals surface area contributed by atoms with E-state index in [9.17, 15) is 9.18 Å². The molecule has 1 aromatic carbocycles. The van der Waals surface area contributed by atoms with Crippen LogP contribution in [0.2, 0.25) is 0 Å². The van der Waals surface area contributed by atoms with Gasteiger partial charge in [-0.1, -0.05) is 6.92 Å². The molecule has 1 aliphatic rings. The molecule has 2 aromatic rings. The number of ether oxygens (including phenoxy) is 1. The zero-order valence-electron chi connectivity index (χ0n) is 13.0. The summed E-state index contributed by atoms with van der Waals surface area (Å²) in [4.78, 5) is 13.6. The zero-order chi connectivity index (χ0) is 16.4. The second-order valence-electron chi connectivity index (χ2n) is 5.52. The molecule has 0 bridgehead atoms. The van der Waals surface area contributed by atoms with Crippen molar-refractivity contribution in [3.63, 3.8) is 0 Å². The molecule has 1 aliphatic heterocycles. The number of fused-ring (bicyclic) bond motifs is 1. The van der Waals surface area contributed by atoms with Gasteiger partial charge in [0.2, 0.25) is 5.91 Å². The van der Waals surface area contributed by atoms with Crippen LogP contribution >= 0.6 is 0 Å². The third-order valence-electron chi connectivity index (χ3n) is 3.87. The first-order chi connectivity index (χ1) is 11.1. The van der Waals surface area contributed by atoms with Gasteiger partial charge in [-0.25, -0.2) is 4.39 Å². The Morgan fingerprint density at radius 1 is 1.52 bits per heavy atom. The van der Waals surface area contributed by atoms with E-state index in [2.05, 4.69) is 15.5 Å². The predicted octanol–water partition coefficient (Wildman–Crippen LogP) is 1.86. The number of benzene rings is 1. The molecule has 1 saturated heterocycles. The third kappa shape index (κ3) is 2.94. The minimum atomic E-state index is -0.453. The van der Waals surface area contributed by atoms with E-state index in [0.717, 1.165) is 6.42 Å². The Morgan fingerprint density at radius 3 is 2.96 bits per heavy atom. The van der Waals surface area contributed by atoms with Crippen LogP contribution in [-0.4, -0.2) is 42.4 Å². The quantitative estimate of drug-likeness (QED) is 0.747. The summed E-state index contributed by atoms with van der Waals surface area (Å²) in [6.45, 7) is 4.16. The molecule has 0 unspecified atom stereocenters. The summed E-state index contributed by atoms with van der Waals surface area (Å²) < 4.78 is 20.2. The highest BCUT2D eigenvalue weighted by atomic mass is 19.1. The summed E-state index contributed by atoms with van der Waals surface area (Å²) in [6, 6.07) is 1.65. The van der Waals surface area contributed by atoms with Crippen molar-refractivity contribution in [3.05, 3.63) is 11.9 Å². The molecule has 0 spiro atoms. The molecule has 1 amide bonds. The first kappa shape index (κ1) is 15.5. The van der Waals surface area contributed by atoms with E-state index in [1.807, 2.05) is 11.8 Å². The SMILES string of the molecule is CCCC(=O)Nc1n[nH]c2c(F)c(N3CCOCC3)c(N)cc12. The molecule has 2 heterocycles. The maximum absolute atomic E-state index is 14.9. The summed E-state index contributed by atoms with van der Waals surface area (Å²) >= 11 is 0. The number of aromatic nitrogens is 2. The molecule has 7 nitrogen and oxygen atoms in total. The zero-order valence-corrected chi connectivity index (χ0v) is 13.0. The predicted molar refractivity (Wildman–Crippen MR) is 87.0 cm³/mol. The van der Waals surface area contributed by atoms with Gasteiger partial charge in [-0.2, -0.15) is 5.10 Å². The summed E-state index contributed by atoms with van der Waals surface area (Å²) in [5.41, 5.74) is 6.98. The van der Waals surface area contributed by atoms with Crippen LogP contribution in [0.1, 0.15) is 19.8 Å². The summed E-state index contributed by atoms with van der Waals surface area (Å²) in [7, 11) is 0. The Kier molecular flexibility index (Phi) is 4.33. The number of nitrogens with two attached hydrogens (primary N) is 1. The molecule has 124 valence electrons. The van der Waals surface area contributed by atoms with Crippen LogP contribution in [0, 0.1) is 5.82 Å². The number of nitrogens with one attached hydrogen (secondary N) is 2. The van der Waals surface area contributed by atoms with Crippen molar-refractivity contribution >= 4 is 34.0 Å². The fourth-order valence-electron chi connectivity index (χ4n) is 2.75. The van der Waals surface area contributed by atoms with Crippen LogP contribution < -0.4 is 16.0 Å². The molecule has 0 radical (unpaired) electrons. The molecule has 0 saturated carbocycles. The van der Waals surface area contributed by atoms with Crippen LogP contribution in [0.3, 0.4) is 0 Å². The molecule has 4 N–H and O–H groups in total. The Morgan fingerprint density at radius 2 is 2.26 bits per heavy atom. The third-order valence-corrected chi connectivity index (χ3v) is 3.87. The molecular formula is C15H20FN5O2. The monoisotopic (exact) mass is 321 g/mol. The number of aromatic amines is 1. The van der Waals surface area contributed by atoms with Crippen molar-refractivity contribution in [2.75, 3.05) is 42.3 Å². The first-order valence-electron chi connectivity index (χ1n) is 7.70. The molecule has 0 aliphatic carbocycles. The minimum Gasteiger partial charge on any atom is -0.397 e. The van der Waals surface area contributed by atoms with Crippen LogP contribution in [0.4, 0.5) is 21.6 Å². The maximum atomic E-state index is 14.9. The van der Waals surface area contributed by atoms with Crippen molar-refractivity contribution in [3.8, 4) is 0 Å². The van der Waals surface area contributed by atoms with Gasteiger partial charge in [0.25, 0.3) is 0 Å². The number of anilines is 3. The van der Waals surface area contributed by atoms with Crippen LogP contribution in [0.5, 0.6) is 0 Å². The Balaban J connectivity index is 1.98. The molecule has 1 fully saturated rings. The Labute approximate surface area is 133 Å². The number of amides is 1. The number of hydrogen-bond donors (Lipinski definition) is 3. The van der Waals surface area contributed by atoms with Crippen molar-refractivity contribution in [1.29, 1.82) is 0 Å². The smallest absolute Gasteiger partial charge is 0.225 e. The standard InChI is InChI=1S/C15H20FN5O2/c1-2-3-11(22)18-15-9-8-10(17)14(12(16)13(9)19-20-15)21-4-6-23-7-5-21/h8H,2-7,17H2,1H3,(H2,18,19,20,22). The van der Waals surface area contributed by atoms with Crippen molar-refractivity contribution in [2.24, 2.45) is 0 Å². The molecule has 8 heteroatoms. The number of H-pyrrole nitrogens is 1. The number of carbonyl (C=O) groups is 1. The lowest BCUT2D eigenvalue weighted by Crippen LogP contribution is -2.37. The highest BCUT2D eigenvalue weighted by Crippen LogP contribution is 2.35. The maximum Gasteiger partial charge on any atom is 0.225 e. The molecule has 0 atom stereocenters. The first-order valence-corrected chi connectivity index (χ1v) is 7.70. The van der Waals surface area contributed by atoms with Gasteiger partial charge in [0.15, 0.2) is 11.6 Å². The number of nitrogens with zero attached hydrogens (tertiary/aromatic N) is 2. The molecular weight excluding hydrogens is 301 g/mol. The topological polar surface area (TPSA) is 96.3 Å². The van der Waals surface area contributed by atoms with Crippen molar-refractivity contribution in [1.82, 2.24) is 10.2 Å². The van der Waals surface area contributed by atoms with E-state index < -0.39 is 5.82 Å². The summed E-state index contributed by atoms with van der Waals surface area (Å²) in [5.74, 6) is -0.305. The van der Waals surface area contributed by atoms with E-state index in [0.29, 0.717) is 55.3 Å². The van der Waals surface area contributed by atoms with E-state index in [-0.39, 0.29) is 11.4 Å². The van der Waals surface area contributed by atoms with E-state index in [1.54, 1.807) is 6.07 Å². The van der Waals surface area contributed by atoms with Gasteiger partial charge in [0.05, 0.1) is 24.6 Å². The van der Waals surface area contributed by atoms with Gasteiger partial charge < -0.3 is 20.7 Å². The van der Waals surface area contributed by atoms with Gasteiger partial charge in [-0.3, -0.25) is 9.89 Å². The average molecular weight is 321 g/mol. The minimum absolute atomic E-state index is 0.155. The van der Waals surface area contributed by atoms with Crippen LogP contribution in [0.25, 0.3) is 10.9 Å². The van der Waals surface area contributed by atoms with E-state index in [4.69, 9.17) is 10.5 Å². The summed E-state index contributed by atoms with van der Waals surface area (Å²) in [5, 5.41) is 9.82. The number of nitrogen functional groups attached to an aromatic ring is 1. The number of rotatable bonds is 4. The Hall–Kier alpha value is -2.35. The van der Waals surface area contributed by atoms with Crippen LogP contribution in [0.15, 0.2) is 6.07 Å². The van der Waals surface area contributed by atoms with Crippen molar-refractivity contribution < 1.29 is 13.9 Å². The lowest BCUT2D eigenvalue weighted by atomic mass is 10.1. The Bertz CT molecular complexity index is 724. The lowest BCUT2D eigenvalue weighted by Gasteiger charge is -2.30. The van der Waals surface area contributed by atoms with Gasteiger partial charge in [0, 0.05) is 24.9 Å². The fraction of sp³-hybridized carbons (Fsp3) is 0.467. The summed E-state index contributed by atoms with van der Waals surface area (Å²) in [6.07, 6.45) is 1.12. The molecule has 3 rings (SSSR count). The lowest BCUT2D eigenvalue weighted by molar-refractivity contribution is -0.116. The second kappa shape index (κ2) is 6.41. The highest BCUT2D eigenvalue weighted by molar-refractivity contribution is 6.02. The average Bonchev–Trinajstić information content (AvgIpc) is 2.91.